The van der Waals surface area contributed by atoms with E-state index in [1.165, 1.54) is 12.1 Å². The molecule has 2 N–H and O–H groups in total. The van der Waals surface area contributed by atoms with Crippen molar-refractivity contribution in [1.29, 1.82) is 0 Å². The van der Waals surface area contributed by atoms with Crippen molar-refractivity contribution in [2.24, 2.45) is 0 Å². The SMILES string of the molecule is CCN(Cc1cccc(F)c1)C(=O)Cc1c(C)nc2nc(N)nn2c1C. The lowest BCUT2D eigenvalue weighted by molar-refractivity contribution is -0.130. The summed E-state index contributed by atoms with van der Waals surface area (Å²) in [7, 11) is 0. The molecule has 0 atom stereocenters. The van der Waals surface area contributed by atoms with Crippen LogP contribution in [-0.4, -0.2) is 36.9 Å². The summed E-state index contributed by atoms with van der Waals surface area (Å²) in [5.74, 6) is 0.193. The fourth-order valence-corrected chi connectivity index (χ4v) is 2.97. The lowest BCUT2D eigenvalue weighted by Gasteiger charge is -2.22. The zero-order chi connectivity index (χ0) is 18.8. The highest BCUT2D eigenvalue weighted by Gasteiger charge is 2.19. The molecule has 8 heteroatoms. The number of amides is 1. The van der Waals surface area contributed by atoms with Crippen molar-refractivity contribution in [2.45, 2.75) is 33.7 Å². The van der Waals surface area contributed by atoms with Crippen LogP contribution in [0.25, 0.3) is 5.78 Å². The van der Waals surface area contributed by atoms with E-state index in [0.29, 0.717) is 18.9 Å². The second-order valence-corrected chi connectivity index (χ2v) is 6.16. The number of anilines is 1. The van der Waals surface area contributed by atoms with Gasteiger partial charge in [0.15, 0.2) is 0 Å². The van der Waals surface area contributed by atoms with Gasteiger partial charge in [0.25, 0.3) is 5.78 Å². The smallest absolute Gasteiger partial charge is 0.254 e. The standard InChI is InChI=1S/C18H21FN6O/c1-4-24(10-13-6-5-7-14(19)8-13)16(26)9-15-11(2)21-18-22-17(20)23-25(18)12(15)3/h5-8H,4,9-10H2,1-3H3,(H2,20,23). The van der Waals surface area contributed by atoms with Crippen LogP contribution in [0.4, 0.5) is 10.3 Å². The molecule has 136 valence electrons. The molecule has 2 aromatic heterocycles. The van der Waals surface area contributed by atoms with Gasteiger partial charge in [-0.3, -0.25) is 4.79 Å². The molecule has 2 heterocycles. The van der Waals surface area contributed by atoms with Crippen LogP contribution in [0.15, 0.2) is 24.3 Å². The van der Waals surface area contributed by atoms with Gasteiger partial charge < -0.3 is 10.6 Å². The third kappa shape index (κ3) is 3.49. The highest BCUT2D eigenvalue weighted by Crippen LogP contribution is 2.17. The van der Waals surface area contributed by atoms with Crippen molar-refractivity contribution in [3.8, 4) is 0 Å². The average Bonchev–Trinajstić information content (AvgIpc) is 2.96. The number of hydrogen-bond donors (Lipinski definition) is 1. The van der Waals surface area contributed by atoms with E-state index in [1.807, 2.05) is 20.8 Å². The van der Waals surface area contributed by atoms with E-state index in [1.54, 1.807) is 21.5 Å². The Labute approximate surface area is 150 Å². The topological polar surface area (TPSA) is 89.4 Å². The zero-order valence-electron chi connectivity index (χ0n) is 15.0. The van der Waals surface area contributed by atoms with E-state index in [0.717, 1.165) is 22.5 Å². The van der Waals surface area contributed by atoms with Gasteiger partial charge in [-0.25, -0.2) is 9.37 Å². The average molecular weight is 356 g/mol. The van der Waals surface area contributed by atoms with Crippen molar-refractivity contribution < 1.29 is 9.18 Å². The Morgan fingerprint density at radius 1 is 1.31 bits per heavy atom. The molecule has 0 saturated heterocycles. The molecule has 3 rings (SSSR count). The number of fused-ring (bicyclic) bond motifs is 1. The highest BCUT2D eigenvalue weighted by atomic mass is 19.1. The Morgan fingerprint density at radius 3 is 2.77 bits per heavy atom. The molecule has 0 radical (unpaired) electrons. The second kappa shape index (κ2) is 7.07. The van der Waals surface area contributed by atoms with Gasteiger partial charge in [-0.15, -0.1) is 5.10 Å². The summed E-state index contributed by atoms with van der Waals surface area (Å²) >= 11 is 0. The third-order valence-corrected chi connectivity index (χ3v) is 4.39. The van der Waals surface area contributed by atoms with Crippen LogP contribution in [0.3, 0.4) is 0 Å². The second-order valence-electron chi connectivity index (χ2n) is 6.16. The van der Waals surface area contributed by atoms with E-state index < -0.39 is 0 Å². The fourth-order valence-electron chi connectivity index (χ4n) is 2.97. The number of halogens is 1. The molecule has 3 aromatic rings. The number of benzene rings is 1. The molecule has 26 heavy (non-hydrogen) atoms. The van der Waals surface area contributed by atoms with Crippen molar-refractivity contribution in [2.75, 3.05) is 12.3 Å². The first kappa shape index (κ1) is 17.8. The summed E-state index contributed by atoms with van der Waals surface area (Å²) in [6.45, 7) is 6.48. The van der Waals surface area contributed by atoms with Crippen LogP contribution < -0.4 is 5.73 Å². The number of rotatable bonds is 5. The van der Waals surface area contributed by atoms with Gasteiger partial charge >= 0.3 is 0 Å². The Bertz CT molecular complexity index is 968. The number of nitrogens with zero attached hydrogens (tertiary/aromatic N) is 5. The summed E-state index contributed by atoms with van der Waals surface area (Å²) in [6.07, 6.45) is 0.184. The number of carbonyl (C=O) groups excluding carboxylic acids is 1. The maximum atomic E-state index is 13.4. The monoisotopic (exact) mass is 356 g/mol. The molecule has 0 bridgehead atoms. The lowest BCUT2D eigenvalue weighted by atomic mass is 10.1. The molecule has 0 spiro atoms. The van der Waals surface area contributed by atoms with Crippen molar-refractivity contribution in [3.05, 3.63) is 52.6 Å². The Hall–Kier alpha value is -3.03. The summed E-state index contributed by atoms with van der Waals surface area (Å²) in [5.41, 5.74) is 8.70. The minimum atomic E-state index is -0.309. The highest BCUT2D eigenvalue weighted by molar-refractivity contribution is 5.79. The minimum absolute atomic E-state index is 0.0581. The summed E-state index contributed by atoms with van der Waals surface area (Å²) in [5, 5.41) is 4.12. The summed E-state index contributed by atoms with van der Waals surface area (Å²) in [4.78, 5) is 22.9. The molecular formula is C18H21FN6O. The predicted molar refractivity (Wildman–Crippen MR) is 95.9 cm³/mol. The summed E-state index contributed by atoms with van der Waals surface area (Å²) in [6, 6.07) is 6.28. The van der Waals surface area contributed by atoms with E-state index in [-0.39, 0.29) is 24.1 Å². The van der Waals surface area contributed by atoms with Crippen molar-refractivity contribution in [3.63, 3.8) is 0 Å². The van der Waals surface area contributed by atoms with Gasteiger partial charge in [0.2, 0.25) is 11.9 Å². The third-order valence-electron chi connectivity index (χ3n) is 4.39. The normalized spacial score (nSPS) is 11.1. The van der Waals surface area contributed by atoms with Crippen LogP contribution in [0.2, 0.25) is 0 Å². The first-order valence-corrected chi connectivity index (χ1v) is 8.39. The molecule has 0 saturated carbocycles. The molecule has 0 unspecified atom stereocenters. The van der Waals surface area contributed by atoms with Gasteiger partial charge in [-0.1, -0.05) is 12.1 Å². The van der Waals surface area contributed by atoms with Gasteiger partial charge in [0.05, 0.1) is 6.42 Å². The molecule has 0 fully saturated rings. The quantitative estimate of drug-likeness (QED) is 0.756. The molecular weight excluding hydrogens is 335 g/mol. The van der Waals surface area contributed by atoms with Crippen molar-refractivity contribution >= 4 is 17.6 Å². The van der Waals surface area contributed by atoms with Crippen LogP contribution in [0.5, 0.6) is 0 Å². The van der Waals surface area contributed by atoms with E-state index in [2.05, 4.69) is 15.1 Å². The number of aromatic nitrogens is 4. The first-order valence-electron chi connectivity index (χ1n) is 8.39. The predicted octanol–water partition coefficient (Wildman–Crippen LogP) is 2.05. The fraction of sp³-hybridized carbons (Fsp3) is 0.333. The molecule has 0 aliphatic rings. The van der Waals surface area contributed by atoms with E-state index >= 15 is 0 Å². The van der Waals surface area contributed by atoms with E-state index in [4.69, 9.17) is 5.73 Å². The van der Waals surface area contributed by atoms with Crippen molar-refractivity contribution in [1.82, 2.24) is 24.5 Å². The molecule has 1 amide bonds. The largest absolute Gasteiger partial charge is 0.366 e. The van der Waals surface area contributed by atoms with Crippen LogP contribution in [0, 0.1) is 19.7 Å². The number of likely N-dealkylation sites (N-methyl/N-ethyl adjacent to an activating group) is 1. The summed E-state index contributed by atoms with van der Waals surface area (Å²) < 4.78 is 14.9. The van der Waals surface area contributed by atoms with Gasteiger partial charge in [0.1, 0.15) is 5.82 Å². The molecule has 0 aliphatic heterocycles. The number of aryl methyl sites for hydroxylation is 2. The minimum Gasteiger partial charge on any atom is -0.366 e. The van der Waals surface area contributed by atoms with Gasteiger partial charge in [-0.05, 0) is 38.5 Å². The molecule has 0 aliphatic carbocycles. The maximum Gasteiger partial charge on any atom is 0.254 e. The maximum absolute atomic E-state index is 13.4. The lowest BCUT2D eigenvalue weighted by Crippen LogP contribution is -2.32. The number of hydrogen-bond acceptors (Lipinski definition) is 5. The number of carbonyl (C=O) groups is 1. The Balaban J connectivity index is 1.85. The number of nitrogens with two attached hydrogens (primary N) is 1. The molecule has 1 aromatic carbocycles. The first-order chi connectivity index (χ1) is 12.4. The van der Waals surface area contributed by atoms with Gasteiger partial charge in [-0.2, -0.15) is 9.50 Å². The van der Waals surface area contributed by atoms with Crippen LogP contribution in [0.1, 0.15) is 29.4 Å². The Kier molecular flexibility index (Phi) is 4.83. The number of nitrogen functional groups attached to an aromatic ring is 1. The van der Waals surface area contributed by atoms with E-state index in [9.17, 15) is 9.18 Å². The van der Waals surface area contributed by atoms with Gasteiger partial charge in [0, 0.05) is 30.0 Å². The van der Waals surface area contributed by atoms with Crippen LogP contribution in [-0.2, 0) is 17.8 Å². The molecule has 7 nitrogen and oxygen atoms in total. The Morgan fingerprint density at radius 2 is 2.08 bits per heavy atom. The van der Waals surface area contributed by atoms with Crippen LogP contribution >= 0.6 is 0 Å². The zero-order valence-corrected chi connectivity index (χ0v) is 15.0.